The Kier molecular flexibility index (Phi) is 3.63. The summed E-state index contributed by atoms with van der Waals surface area (Å²) in [5.74, 6) is 0.904. The molecule has 0 radical (unpaired) electrons. The summed E-state index contributed by atoms with van der Waals surface area (Å²) in [7, 11) is 0. The molecule has 0 fully saturated rings. The molecule has 35 heavy (non-hydrogen) atoms. The Morgan fingerprint density at radius 3 is 2.43 bits per heavy atom. The molecule has 0 saturated carbocycles. The topological polar surface area (TPSA) is 34.2 Å². The highest BCUT2D eigenvalue weighted by atomic mass is 16.3. The number of aromatic nitrogens is 2. The first-order chi connectivity index (χ1) is 17.4. The Labute approximate surface area is 200 Å². The molecule has 0 saturated heterocycles. The van der Waals surface area contributed by atoms with E-state index in [4.69, 9.17) is 9.40 Å². The molecule has 0 bridgehead atoms. The van der Waals surface area contributed by atoms with Crippen LogP contribution in [0.5, 0.6) is 0 Å². The molecule has 0 spiro atoms. The lowest BCUT2D eigenvalue weighted by Crippen LogP contribution is -2.26. The van der Waals surface area contributed by atoms with Crippen molar-refractivity contribution in [1.29, 1.82) is 0 Å². The van der Waals surface area contributed by atoms with Gasteiger partial charge in [-0.2, -0.15) is 0 Å². The van der Waals surface area contributed by atoms with E-state index in [-0.39, 0.29) is 0 Å². The molecule has 7 aromatic rings. The average molecular weight is 450 g/mol. The zero-order valence-corrected chi connectivity index (χ0v) is 18.7. The second-order valence-electron chi connectivity index (χ2n) is 8.90. The number of rotatable bonds is 2. The maximum atomic E-state index is 6.37. The van der Waals surface area contributed by atoms with E-state index in [9.17, 15) is 0 Å². The lowest BCUT2D eigenvalue weighted by Gasteiger charge is -2.29. The maximum Gasteiger partial charge on any atom is 0.160 e. The Morgan fingerprint density at radius 1 is 0.686 bits per heavy atom. The molecule has 1 aliphatic rings. The van der Waals surface area contributed by atoms with Gasteiger partial charge in [0.25, 0.3) is 0 Å². The van der Waals surface area contributed by atoms with Gasteiger partial charge >= 0.3 is 0 Å². The third-order valence-corrected chi connectivity index (χ3v) is 6.94. The smallest absolute Gasteiger partial charge is 0.160 e. The molecule has 3 heterocycles. The predicted octanol–water partition coefficient (Wildman–Crippen LogP) is 8.01. The van der Waals surface area contributed by atoms with Crippen molar-refractivity contribution >= 4 is 55.5 Å². The summed E-state index contributed by atoms with van der Waals surface area (Å²) in [6.07, 6.45) is 4.34. The number of benzene rings is 5. The van der Waals surface area contributed by atoms with E-state index < -0.39 is 0 Å². The molecule has 0 N–H and O–H groups in total. The van der Waals surface area contributed by atoms with Gasteiger partial charge in [-0.05, 0) is 42.0 Å². The molecular formula is C31H19N3O. The summed E-state index contributed by atoms with van der Waals surface area (Å²) in [5.41, 5.74) is 7.23. The van der Waals surface area contributed by atoms with E-state index in [0.717, 1.165) is 55.4 Å². The molecule has 0 atom stereocenters. The van der Waals surface area contributed by atoms with Crippen molar-refractivity contribution in [2.24, 2.45) is 0 Å². The van der Waals surface area contributed by atoms with Crippen molar-refractivity contribution in [2.45, 2.75) is 0 Å². The highest BCUT2D eigenvalue weighted by Gasteiger charge is 2.24. The lowest BCUT2D eigenvalue weighted by atomic mass is 9.97. The molecule has 0 aliphatic carbocycles. The van der Waals surface area contributed by atoms with Gasteiger partial charge in [0.1, 0.15) is 11.2 Å². The standard InChI is InChI=1S/C31H19N3O/c1-2-9-20(10-3-1)31-32-25-13-5-6-14-26(25)34(31)33-18-17-21-19-24-22-11-4-7-16-28(22)35-30(24)23-12-8-15-27(33)29(21)23/h1-19H. The average Bonchev–Trinajstić information content (AvgIpc) is 3.49. The highest BCUT2D eigenvalue weighted by molar-refractivity contribution is 6.20. The van der Waals surface area contributed by atoms with Gasteiger partial charge in [0, 0.05) is 33.3 Å². The minimum atomic E-state index is 0.904. The summed E-state index contributed by atoms with van der Waals surface area (Å²) in [6.45, 7) is 0. The number of anilines is 1. The van der Waals surface area contributed by atoms with Gasteiger partial charge in [-0.15, -0.1) is 0 Å². The van der Waals surface area contributed by atoms with Gasteiger partial charge in [0.15, 0.2) is 5.82 Å². The molecular weight excluding hydrogens is 430 g/mol. The molecule has 2 aromatic heterocycles. The molecule has 8 rings (SSSR count). The number of imidazole rings is 1. The zero-order valence-electron chi connectivity index (χ0n) is 18.7. The first kappa shape index (κ1) is 18.6. The van der Waals surface area contributed by atoms with Crippen molar-refractivity contribution in [3.05, 3.63) is 115 Å². The van der Waals surface area contributed by atoms with Gasteiger partial charge in [0.05, 0.1) is 16.7 Å². The number of nitrogens with zero attached hydrogens (tertiary/aromatic N) is 3. The molecule has 4 nitrogen and oxygen atoms in total. The minimum absolute atomic E-state index is 0.904. The van der Waals surface area contributed by atoms with Gasteiger partial charge in [0.2, 0.25) is 0 Å². The van der Waals surface area contributed by atoms with E-state index in [0.29, 0.717) is 0 Å². The van der Waals surface area contributed by atoms with Crippen LogP contribution in [0.3, 0.4) is 0 Å². The summed E-state index contributed by atoms with van der Waals surface area (Å²) in [4.78, 5) is 5.03. The zero-order chi connectivity index (χ0) is 22.9. The number of furan rings is 1. The largest absolute Gasteiger partial charge is 0.455 e. The lowest BCUT2D eigenvalue weighted by molar-refractivity contribution is 0.672. The summed E-state index contributed by atoms with van der Waals surface area (Å²) >= 11 is 0. The molecule has 164 valence electrons. The Bertz CT molecular complexity index is 1960. The predicted molar refractivity (Wildman–Crippen MR) is 143 cm³/mol. The quantitative estimate of drug-likeness (QED) is 0.268. The van der Waals surface area contributed by atoms with Crippen LogP contribution in [-0.2, 0) is 0 Å². The van der Waals surface area contributed by atoms with Crippen LogP contribution in [0.25, 0.3) is 61.2 Å². The third kappa shape index (κ3) is 2.53. The monoisotopic (exact) mass is 449 g/mol. The van der Waals surface area contributed by atoms with E-state index >= 15 is 0 Å². The SMILES string of the molecule is C1=CN(n2c(-c3ccccc3)nc3ccccc32)c2cccc3c2c1cc1c2ccccc2oc31. The highest BCUT2D eigenvalue weighted by Crippen LogP contribution is 2.43. The van der Waals surface area contributed by atoms with Gasteiger partial charge in [-0.25, -0.2) is 9.66 Å². The van der Waals surface area contributed by atoms with Crippen LogP contribution in [0, 0.1) is 0 Å². The Hall–Kier alpha value is -4.83. The van der Waals surface area contributed by atoms with Crippen molar-refractivity contribution in [1.82, 2.24) is 9.66 Å². The first-order valence-electron chi connectivity index (χ1n) is 11.7. The Morgan fingerprint density at radius 2 is 1.49 bits per heavy atom. The van der Waals surface area contributed by atoms with E-state index in [1.807, 2.05) is 24.3 Å². The molecule has 5 aromatic carbocycles. The van der Waals surface area contributed by atoms with Crippen molar-refractivity contribution in [3.8, 4) is 11.4 Å². The van der Waals surface area contributed by atoms with Gasteiger partial charge in [-0.1, -0.05) is 72.8 Å². The van der Waals surface area contributed by atoms with Crippen molar-refractivity contribution in [3.63, 3.8) is 0 Å². The minimum Gasteiger partial charge on any atom is -0.455 e. The van der Waals surface area contributed by atoms with Crippen LogP contribution in [0.4, 0.5) is 5.69 Å². The fraction of sp³-hybridized carbons (Fsp3) is 0. The van der Waals surface area contributed by atoms with Crippen LogP contribution >= 0.6 is 0 Å². The normalized spacial score (nSPS) is 13.0. The van der Waals surface area contributed by atoms with E-state index in [1.165, 1.54) is 10.9 Å². The van der Waals surface area contributed by atoms with Crippen molar-refractivity contribution < 1.29 is 4.42 Å². The fourth-order valence-electron chi connectivity index (χ4n) is 5.40. The number of fused-ring (bicyclic) bond motifs is 5. The maximum absolute atomic E-state index is 6.37. The van der Waals surface area contributed by atoms with Crippen LogP contribution in [0.1, 0.15) is 5.56 Å². The molecule has 0 amide bonds. The number of hydrogen-bond donors (Lipinski definition) is 0. The molecule has 1 aliphatic heterocycles. The molecule has 4 heteroatoms. The second-order valence-corrected chi connectivity index (χ2v) is 8.90. The van der Waals surface area contributed by atoms with E-state index in [2.05, 4.69) is 101 Å². The van der Waals surface area contributed by atoms with Crippen LogP contribution in [0.15, 0.2) is 114 Å². The summed E-state index contributed by atoms with van der Waals surface area (Å²) in [5, 5.41) is 6.80. The van der Waals surface area contributed by atoms with E-state index in [1.54, 1.807) is 0 Å². The fourth-order valence-corrected chi connectivity index (χ4v) is 5.40. The summed E-state index contributed by atoms with van der Waals surface area (Å²) in [6, 6.07) is 35.6. The first-order valence-corrected chi connectivity index (χ1v) is 11.7. The van der Waals surface area contributed by atoms with Crippen LogP contribution < -0.4 is 5.01 Å². The van der Waals surface area contributed by atoms with Gasteiger partial charge < -0.3 is 4.42 Å². The van der Waals surface area contributed by atoms with Crippen molar-refractivity contribution in [2.75, 3.05) is 5.01 Å². The van der Waals surface area contributed by atoms with Gasteiger partial charge in [-0.3, -0.25) is 5.01 Å². The summed E-state index contributed by atoms with van der Waals surface area (Å²) < 4.78 is 8.58. The Balaban J connectivity index is 1.45. The van der Waals surface area contributed by atoms with Crippen LogP contribution in [0.2, 0.25) is 0 Å². The second kappa shape index (κ2) is 6.84. The third-order valence-electron chi connectivity index (χ3n) is 6.94. The molecule has 0 unspecified atom stereocenters. The number of para-hydroxylation sites is 3. The van der Waals surface area contributed by atoms with Crippen LogP contribution in [-0.4, -0.2) is 9.66 Å². The number of hydrogen-bond acceptors (Lipinski definition) is 3.